The van der Waals surface area contributed by atoms with Crippen LogP contribution in [0.25, 0.3) is 11.0 Å². The minimum absolute atomic E-state index is 0.122. The molecule has 2 amide bonds. The van der Waals surface area contributed by atoms with Gasteiger partial charge in [0.2, 0.25) is 11.8 Å². The molecule has 1 aromatic heterocycles. The summed E-state index contributed by atoms with van der Waals surface area (Å²) in [6.07, 6.45) is 2.76. The number of nitrogens with one attached hydrogen (secondary N) is 1. The molecule has 1 aliphatic heterocycles. The van der Waals surface area contributed by atoms with Gasteiger partial charge in [0.1, 0.15) is 5.58 Å². The number of hydrogen-bond donors (Lipinski definition) is 1. The molecule has 1 saturated heterocycles. The van der Waals surface area contributed by atoms with Crippen LogP contribution in [0.3, 0.4) is 0 Å². The van der Waals surface area contributed by atoms with Crippen molar-refractivity contribution >= 4 is 28.5 Å². The van der Waals surface area contributed by atoms with E-state index < -0.39 is 5.63 Å². The molecule has 1 fully saturated rings. The monoisotopic (exact) mass is 328 g/mol. The van der Waals surface area contributed by atoms with Gasteiger partial charge in [-0.2, -0.15) is 0 Å². The predicted molar refractivity (Wildman–Crippen MR) is 90.9 cm³/mol. The molecule has 2 aromatic rings. The average Bonchev–Trinajstić information content (AvgIpc) is 2.53. The van der Waals surface area contributed by atoms with Gasteiger partial charge in [-0.25, -0.2) is 4.79 Å². The number of fused-ring (bicyclic) bond motifs is 1. The topological polar surface area (TPSA) is 79.6 Å². The van der Waals surface area contributed by atoms with Crippen LogP contribution in [-0.2, 0) is 9.59 Å². The van der Waals surface area contributed by atoms with Crippen molar-refractivity contribution in [3.05, 3.63) is 40.2 Å². The number of rotatable bonds is 4. The van der Waals surface area contributed by atoms with Gasteiger partial charge in [-0.15, -0.1) is 0 Å². The maximum atomic E-state index is 12.1. The number of carbonyl (C=O) groups excluding carboxylic acids is 2. The molecule has 3 rings (SSSR count). The number of likely N-dealkylation sites (tertiary alicyclic amines) is 1. The van der Waals surface area contributed by atoms with Crippen molar-refractivity contribution < 1.29 is 14.0 Å². The largest absolute Gasteiger partial charge is 0.423 e. The van der Waals surface area contributed by atoms with Crippen LogP contribution < -0.4 is 10.9 Å². The molecule has 1 aromatic carbocycles. The summed E-state index contributed by atoms with van der Waals surface area (Å²) in [5.41, 5.74) is 1.45. The van der Waals surface area contributed by atoms with Crippen molar-refractivity contribution in [3.8, 4) is 0 Å². The number of benzene rings is 1. The molecule has 0 saturated carbocycles. The van der Waals surface area contributed by atoms with Gasteiger partial charge in [0.15, 0.2) is 0 Å². The van der Waals surface area contributed by atoms with Gasteiger partial charge >= 0.3 is 5.63 Å². The number of piperidine rings is 1. The maximum Gasteiger partial charge on any atom is 0.336 e. The molecule has 0 radical (unpaired) electrons. The van der Waals surface area contributed by atoms with Crippen LogP contribution in [0.2, 0.25) is 0 Å². The van der Waals surface area contributed by atoms with E-state index in [0.717, 1.165) is 30.3 Å². The minimum atomic E-state index is -0.410. The second-order valence-electron chi connectivity index (χ2n) is 6.10. The Balaban J connectivity index is 1.65. The Morgan fingerprint density at radius 1 is 1.25 bits per heavy atom. The first-order chi connectivity index (χ1) is 11.5. The highest BCUT2D eigenvalue weighted by molar-refractivity contribution is 5.94. The Morgan fingerprint density at radius 2 is 2.08 bits per heavy atom. The van der Waals surface area contributed by atoms with Crippen LogP contribution in [0.1, 0.15) is 31.2 Å². The Labute approximate surface area is 139 Å². The van der Waals surface area contributed by atoms with E-state index in [1.54, 1.807) is 17.0 Å². The second-order valence-corrected chi connectivity index (χ2v) is 6.10. The lowest BCUT2D eigenvalue weighted by molar-refractivity contribution is -0.133. The standard InChI is InChI=1S/C18H20N2O4/c1-12-10-18(23)24-15-11-13(5-6-14(12)15)19-16(21)7-9-20-8-3-2-4-17(20)22/h5-6,10-11H,2-4,7-9H2,1H3,(H,19,21). The van der Waals surface area contributed by atoms with E-state index in [2.05, 4.69) is 5.32 Å². The van der Waals surface area contributed by atoms with Crippen molar-refractivity contribution in [1.29, 1.82) is 0 Å². The molecule has 1 N–H and O–H groups in total. The van der Waals surface area contributed by atoms with Crippen molar-refractivity contribution in [2.75, 3.05) is 18.4 Å². The van der Waals surface area contributed by atoms with E-state index in [1.807, 2.05) is 13.0 Å². The van der Waals surface area contributed by atoms with E-state index in [9.17, 15) is 14.4 Å². The quantitative estimate of drug-likeness (QED) is 0.874. The van der Waals surface area contributed by atoms with Crippen LogP contribution in [-0.4, -0.2) is 29.8 Å². The molecule has 0 atom stereocenters. The molecule has 24 heavy (non-hydrogen) atoms. The van der Waals surface area contributed by atoms with Crippen LogP contribution in [0, 0.1) is 6.92 Å². The summed E-state index contributed by atoms with van der Waals surface area (Å²) in [6.45, 7) is 3.01. The van der Waals surface area contributed by atoms with Gasteiger partial charge in [0.05, 0.1) is 0 Å². The van der Waals surface area contributed by atoms with Gasteiger partial charge in [0, 0.05) is 49.1 Å². The minimum Gasteiger partial charge on any atom is -0.423 e. The van der Waals surface area contributed by atoms with Crippen LogP contribution in [0.15, 0.2) is 33.5 Å². The molecule has 126 valence electrons. The number of anilines is 1. The summed E-state index contributed by atoms with van der Waals surface area (Å²) in [6, 6.07) is 6.68. The van der Waals surface area contributed by atoms with E-state index in [-0.39, 0.29) is 18.2 Å². The number of hydrogen-bond acceptors (Lipinski definition) is 4. The van der Waals surface area contributed by atoms with Gasteiger partial charge in [-0.1, -0.05) is 0 Å². The van der Waals surface area contributed by atoms with Crippen LogP contribution in [0.5, 0.6) is 0 Å². The first kappa shape index (κ1) is 16.2. The third-order valence-corrected chi connectivity index (χ3v) is 4.27. The Bertz CT molecular complexity index is 841. The van der Waals surface area contributed by atoms with Gasteiger partial charge in [0.25, 0.3) is 0 Å². The average molecular weight is 328 g/mol. The Morgan fingerprint density at radius 3 is 2.88 bits per heavy atom. The number of nitrogens with zero attached hydrogens (tertiary/aromatic N) is 1. The predicted octanol–water partition coefficient (Wildman–Crippen LogP) is 2.44. The first-order valence-corrected chi connectivity index (χ1v) is 8.15. The molecule has 0 spiro atoms. The molecule has 0 aliphatic carbocycles. The summed E-state index contributed by atoms with van der Waals surface area (Å²) in [7, 11) is 0. The molecule has 2 heterocycles. The highest BCUT2D eigenvalue weighted by Gasteiger charge is 2.18. The fourth-order valence-corrected chi connectivity index (χ4v) is 2.96. The smallest absolute Gasteiger partial charge is 0.336 e. The molecule has 0 unspecified atom stereocenters. The zero-order valence-electron chi connectivity index (χ0n) is 13.6. The van der Waals surface area contributed by atoms with Gasteiger partial charge < -0.3 is 14.6 Å². The lowest BCUT2D eigenvalue weighted by Gasteiger charge is -2.26. The van der Waals surface area contributed by atoms with Crippen molar-refractivity contribution in [2.24, 2.45) is 0 Å². The lowest BCUT2D eigenvalue weighted by Crippen LogP contribution is -2.37. The van der Waals surface area contributed by atoms with Crippen LogP contribution >= 0.6 is 0 Å². The van der Waals surface area contributed by atoms with E-state index in [1.165, 1.54) is 6.07 Å². The Hall–Kier alpha value is -2.63. The molecule has 6 heteroatoms. The number of aryl methyl sites for hydroxylation is 1. The normalized spacial score (nSPS) is 14.9. The summed E-state index contributed by atoms with van der Waals surface area (Å²) < 4.78 is 5.17. The molecular weight excluding hydrogens is 308 g/mol. The third-order valence-electron chi connectivity index (χ3n) is 4.27. The maximum absolute atomic E-state index is 12.1. The fourth-order valence-electron chi connectivity index (χ4n) is 2.96. The van der Waals surface area contributed by atoms with E-state index in [4.69, 9.17) is 4.42 Å². The third kappa shape index (κ3) is 3.64. The summed E-state index contributed by atoms with van der Waals surface area (Å²) >= 11 is 0. The van der Waals surface area contributed by atoms with Crippen molar-refractivity contribution in [1.82, 2.24) is 4.90 Å². The SMILES string of the molecule is Cc1cc(=O)oc2cc(NC(=O)CCN3CCCCC3=O)ccc12. The zero-order chi connectivity index (χ0) is 17.1. The highest BCUT2D eigenvalue weighted by Crippen LogP contribution is 2.21. The lowest BCUT2D eigenvalue weighted by atomic mass is 10.1. The summed E-state index contributed by atoms with van der Waals surface area (Å²) in [5, 5.41) is 3.63. The first-order valence-electron chi connectivity index (χ1n) is 8.15. The van der Waals surface area contributed by atoms with Gasteiger partial charge in [-0.3, -0.25) is 9.59 Å². The summed E-state index contributed by atoms with van der Waals surface area (Å²) in [4.78, 5) is 37.0. The van der Waals surface area contributed by atoms with Gasteiger partial charge in [-0.05, 0) is 37.5 Å². The second kappa shape index (κ2) is 6.86. The van der Waals surface area contributed by atoms with Crippen molar-refractivity contribution in [2.45, 2.75) is 32.6 Å². The molecule has 6 nitrogen and oxygen atoms in total. The molecule has 0 bridgehead atoms. The van der Waals surface area contributed by atoms with Crippen LogP contribution in [0.4, 0.5) is 5.69 Å². The molecular formula is C18H20N2O4. The fraction of sp³-hybridized carbons (Fsp3) is 0.389. The zero-order valence-corrected chi connectivity index (χ0v) is 13.6. The Kier molecular flexibility index (Phi) is 4.64. The van der Waals surface area contributed by atoms with E-state index in [0.29, 0.717) is 24.2 Å². The highest BCUT2D eigenvalue weighted by atomic mass is 16.4. The summed E-state index contributed by atoms with van der Waals surface area (Å²) in [5.74, 6) is -0.0419. The number of amides is 2. The van der Waals surface area contributed by atoms with E-state index >= 15 is 0 Å². The van der Waals surface area contributed by atoms with Crippen molar-refractivity contribution in [3.63, 3.8) is 0 Å². The number of carbonyl (C=O) groups is 2. The molecule has 1 aliphatic rings.